The zero-order chi connectivity index (χ0) is 14.7. The number of ketones is 1. The number of rotatable bonds is 4. The van der Waals surface area contributed by atoms with Crippen molar-refractivity contribution in [3.8, 4) is 23.0 Å². The van der Waals surface area contributed by atoms with Crippen LogP contribution in [-0.2, 0) is 6.42 Å². The number of carbonyl (C=O) groups excluding carboxylic acids is 1. The number of hydrogen-bond donors (Lipinski definition) is 4. The largest absolute Gasteiger partial charge is 0.508 e. The molecule has 2 aromatic carbocycles. The Bertz CT molecular complexity index is 618. The average molecular weight is 352 g/mol. The number of aryl methyl sites for hydroxylation is 1. The van der Waals surface area contributed by atoms with E-state index in [-0.39, 0.29) is 126 Å². The van der Waals surface area contributed by atoms with Gasteiger partial charge in [-0.1, -0.05) is 12.1 Å². The zero-order valence-electron chi connectivity index (χ0n) is 12.6. The van der Waals surface area contributed by atoms with Crippen molar-refractivity contribution in [2.75, 3.05) is 0 Å². The first-order chi connectivity index (χ1) is 9.47. The molecule has 0 saturated carbocycles. The molecule has 4 N–H and O–H groups in total. The van der Waals surface area contributed by atoms with Crippen LogP contribution in [0.5, 0.6) is 23.0 Å². The standard InChI is InChI=1S/C15H14O5.2K/c16-10-4-1-9(2-5-10)3-6-12(18)15-13(19)7-11(17)8-14(15)20;;/h1-2,4-5,7-8,16-17,19-20H,3,6H2;;. The second-order valence-electron chi connectivity index (χ2n) is 4.45. The zero-order valence-corrected chi connectivity index (χ0v) is 18.8. The van der Waals surface area contributed by atoms with Crippen molar-refractivity contribution in [3.05, 3.63) is 47.5 Å². The molecule has 0 unspecified atom stereocenters. The van der Waals surface area contributed by atoms with Crippen LogP contribution in [0.1, 0.15) is 22.3 Å². The molecule has 0 heterocycles. The maximum absolute atomic E-state index is 12.0. The first kappa shape index (κ1) is 22.6. The van der Waals surface area contributed by atoms with Crippen LogP contribution in [-0.4, -0.2) is 129 Å². The Morgan fingerprint density at radius 3 is 1.82 bits per heavy atom. The van der Waals surface area contributed by atoms with Gasteiger partial charge in [0.15, 0.2) is 5.78 Å². The van der Waals surface area contributed by atoms with Gasteiger partial charge < -0.3 is 20.4 Å². The van der Waals surface area contributed by atoms with Gasteiger partial charge in [0.05, 0.1) is 0 Å². The molecule has 2 radical (unpaired) electrons. The van der Waals surface area contributed by atoms with E-state index >= 15 is 0 Å². The SMILES string of the molecule is O=C(CCc1ccc(O)cc1)c1c(O)cc(O)cc1O.[K].[K]. The number of phenols is 4. The Labute approximate surface area is 213 Å². The molecule has 0 aliphatic rings. The Hall–Kier alpha value is 0.583. The van der Waals surface area contributed by atoms with E-state index in [1.807, 2.05) is 0 Å². The molecular formula is C15H14K2O5. The van der Waals surface area contributed by atoms with Gasteiger partial charge in [-0.3, -0.25) is 4.79 Å². The minimum Gasteiger partial charge on any atom is -0.508 e. The van der Waals surface area contributed by atoms with Gasteiger partial charge in [-0.15, -0.1) is 0 Å². The summed E-state index contributed by atoms with van der Waals surface area (Å²) in [4.78, 5) is 12.0. The summed E-state index contributed by atoms with van der Waals surface area (Å²) in [6.45, 7) is 0. The molecule has 5 nitrogen and oxygen atoms in total. The van der Waals surface area contributed by atoms with Gasteiger partial charge in [0.2, 0.25) is 0 Å². The number of benzene rings is 2. The van der Waals surface area contributed by atoms with Crippen LogP contribution in [0.2, 0.25) is 0 Å². The second kappa shape index (κ2) is 10.4. The van der Waals surface area contributed by atoms with Crippen LogP contribution in [0, 0.1) is 0 Å². The average Bonchev–Trinajstić information content (AvgIpc) is 2.37. The van der Waals surface area contributed by atoms with E-state index < -0.39 is 17.3 Å². The van der Waals surface area contributed by atoms with Crippen LogP contribution in [0.4, 0.5) is 0 Å². The molecule has 0 aliphatic carbocycles. The van der Waals surface area contributed by atoms with Crippen molar-refractivity contribution < 1.29 is 25.2 Å². The summed E-state index contributed by atoms with van der Waals surface area (Å²) < 4.78 is 0. The molecule has 7 heteroatoms. The van der Waals surface area contributed by atoms with Crippen molar-refractivity contribution in [1.29, 1.82) is 0 Å². The minimum atomic E-state index is -0.446. The monoisotopic (exact) mass is 352 g/mol. The van der Waals surface area contributed by atoms with E-state index in [1.54, 1.807) is 12.1 Å². The van der Waals surface area contributed by atoms with Gasteiger partial charge in [-0.05, 0) is 24.1 Å². The first-order valence-corrected chi connectivity index (χ1v) is 6.03. The molecule has 106 valence electrons. The van der Waals surface area contributed by atoms with Crippen molar-refractivity contribution in [3.63, 3.8) is 0 Å². The Balaban J connectivity index is 0.00000220. The number of aromatic hydroxyl groups is 4. The molecule has 0 saturated heterocycles. The van der Waals surface area contributed by atoms with Gasteiger partial charge in [0.25, 0.3) is 0 Å². The van der Waals surface area contributed by atoms with E-state index in [0.29, 0.717) is 6.42 Å². The van der Waals surface area contributed by atoms with Crippen molar-refractivity contribution in [2.24, 2.45) is 0 Å². The molecule has 0 aromatic heterocycles. The van der Waals surface area contributed by atoms with E-state index in [0.717, 1.165) is 17.7 Å². The quantitative estimate of drug-likeness (QED) is 0.494. The van der Waals surface area contributed by atoms with Crippen LogP contribution >= 0.6 is 0 Å². The first-order valence-electron chi connectivity index (χ1n) is 6.03. The normalized spacial score (nSPS) is 9.45. The summed E-state index contributed by atoms with van der Waals surface area (Å²) >= 11 is 0. The smallest absolute Gasteiger partial charge is 0.170 e. The molecule has 2 aromatic rings. The third-order valence-electron chi connectivity index (χ3n) is 2.94. The molecule has 0 spiro atoms. The second-order valence-corrected chi connectivity index (χ2v) is 4.45. The van der Waals surface area contributed by atoms with Crippen LogP contribution in [0.15, 0.2) is 36.4 Å². The Morgan fingerprint density at radius 1 is 0.818 bits per heavy atom. The van der Waals surface area contributed by atoms with E-state index in [4.69, 9.17) is 5.11 Å². The Morgan fingerprint density at radius 2 is 1.32 bits per heavy atom. The molecule has 0 fully saturated rings. The van der Waals surface area contributed by atoms with Gasteiger partial charge in [-0.25, -0.2) is 0 Å². The van der Waals surface area contributed by atoms with Crippen LogP contribution in [0.25, 0.3) is 0 Å². The third-order valence-corrected chi connectivity index (χ3v) is 2.94. The van der Waals surface area contributed by atoms with Crippen molar-refractivity contribution in [1.82, 2.24) is 0 Å². The predicted molar refractivity (Wildman–Crippen MR) is 83.7 cm³/mol. The predicted octanol–water partition coefficient (Wildman–Crippen LogP) is 1.56. The topological polar surface area (TPSA) is 98.0 Å². The van der Waals surface area contributed by atoms with Crippen LogP contribution < -0.4 is 0 Å². The molecular weight excluding hydrogens is 338 g/mol. The van der Waals surface area contributed by atoms with E-state index in [2.05, 4.69) is 0 Å². The molecule has 0 bridgehead atoms. The fraction of sp³-hybridized carbons (Fsp3) is 0.133. The fourth-order valence-electron chi connectivity index (χ4n) is 1.93. The maximum atomic E-state index is 12.0. The van der Waals surface area contributed by atoms with Crippen molar-refractivity contribution in [2.45, 2.75) is 12.8 Å². The molecule has 22 heavy (non-hydrogen) atoms. The third kappa shape index (κ3) is 6.23. The van der Waals surface area contributed by atoms with Crippen molar-refractivity contribution >= 4 is 109 Å². The van der Waals surface area contributed by atoms with Gasteiger partial charge >= 0.3 is 0 Å². The summed E-state index contributed by atoms with van der Waals surface area (Å²) in [5.41, 5.74) is 0.662. The number of Topliss-reactive ketones (excluding diaryl/α,β-unsaturated/α-hetero) is 1. The fourth-order valence-corrected chi connectivity index (χ4v) is 1.93. The van der Waals surface area contributed by atoms with E-state index in [1.165, 1.54) is 12.1 Å². The van der Waals surface area contributed by atoms with Gasteiger partial charge in [0.1, 0.15) is 28.6 Å². The number of carbonyl (C=O) groups is 1. The number of hydrogen-bond acceptors (Lipinski definition) is 5. The molecule has 0 amide bonds. The summed E-state index contributed by atoms with van der Waals surface area (Å²) in [6.07, 6.45) is 0.509. The van der Waals surface area contributed by atoms with Gasteiger partial charge in [-0.2, -0.15) is 0 Å². The summed E-state index contributed by atoms with van der Waals surface area (Å²) in [7, 11) is 0. The summed E-state index contributed by atoms with van der Waals surface area (Å²) in [5.74, 6) is -1.48. The number of phenolic OH excluding ortho intramolecular Hbond substituents is 4. The van der Waals surface area contributed by atoms with E-state index in [9.17, 15) is 20.1 Å². The Kier molecular flexibility index (Phi) is 10.7. The summed E-state index contributed by atoms with van der Waals surface area (Å²) in [5, 5.41) is 37.5. The van der Waals surface area contributed by atoms with Gasteiger partial charge in [0, 0.05) is 121 Å². The molecule has 2 rings (SSSR count). The minimum absolute atomic E-state index is 0. The molecule has 0 aliphatic heterocycles. The summed E-state index contributed by atoms with van der Waals surface area (Å²) in [6, 6.07) is 8.45. The van der Waals surface area contributed by atoms with Crippen LogP contribution in [0.3, 0.4) is 0 Å². The molecule has 0 atom stereocenters. The maximum Gasteiger partial charge on any atom is 0.170 e.